The maximum atomic E-state index is 11.9. The first-order chi connectivity index (χ1) is 8.69. The van der Waals surface area contributed by atoms with Crippen molar-refractivity contribution in [3.05, 3.63) is 41.8 Å². The van der Waals surface area contributed by atoms with Crippen molar-refractivity contribution in [1.82, 2.24) is 0 Å². The van der Waals surface area contributed by atoms with E-state index in [9.17, 15) is 9.59 Å². The number of carbonyl (C=O) groups excluding carboxylic acids is 2. The van der Waals surface area contributed by atoms with Crippen molar-refractivity contribution in [3.8, 4) is 0 Å². The molecule has 1 aromatic carbocycles. The van der Waals surface area contributed by atoms with E-state index >= 15 is 0 Å². The maximum Gasteiger partial charge on any atom is 0.404 e. The fraction of sp³-hybridized carbons (Fsp3) is 0.286. The summed E-state index contributed by atoms with van der Waals surface area (Å²) >= 11 is 0. The second kappa shape index (κ2) is 5.04. The number of nitrogens with zero attached hydrogens (tertiary/aromatic N) is 1. The molecule has 1 aliphatic heterocycles. The maximum absolute atomic E-state index is 11.9. The minimum absolute atomic E-state index is 0.376. The fourth-order valence-electron chi connectivity index (χ4n) is 1.95. The molecule has 1 aliphatic rings. The number of para-hydroxylation sites is 1. The van der Waals surface area contributed by atoms with Gasteiger partial charge < -0.3 is 4.74 Å². The molecule has 0 spiro atoms. The Labute approximate surface area is 106 Å². The standard InChI is InChI=1S/C14H15NO3/c1-3-10(4-2)13-15(12(16)14(17)18-13)11-8-6-5-7-9-11/h5-9H,3-4H2,1-2H3. The summed E-state index contributed by atoms with van der Waals surface area (Å²) in [4.78, 5) is 24.7. The van der Waals surface area contributed by atoms with Gasteiger partial charge in [-0.2, -0.15) is 0 Å². The smallest absolute Gasteiger partial charge is 0.402 e. The zero-order valence-corrected chi connectivity index (χ0v) is 10.5. The highest BCUT2D eigenvalue weighted by molar-refractivity contribution is 6.41. The van der Waals surface area contributed by atoms with E-state index in [-0.39, 0.29) is 0 Å². The predicted molar refractivity (Wildman–Crippen MR) is 67.6 cm³/mol. The average molecular weight is 245 g/mol. The number of amides is 1. The minimum Gasteiger partial charge on any atom is -0.402 e. The lowest BCUT2D eigenvalue weighted by atomic mass is 10.1. The Morgan fingerprint density at radius 1 is 1.11 bits per heavy atom. The van der Waals surface area contributed by atoms with E-state index in [1.807, 2.05) is 32.0 Å². The molecular weight excluding hydrogens is 230 g/mol. The number of rotatable bonds is 3. The summed E-state index contributed by atoms with van der Waals surface area (Å²) in [6.45, 7) is 3.96. The summed E-state index contributed by atoms with van der Waals surface area (Å²) in [6, 6.07) is 9.06. The first-order valence-electron chi connectivity index (χ1n) is 6.02. The highest BCUT2D eigenvalue weighted by atomic mass is 16.6. The molecule has 0 bridgehead atoms. The van der Waals surface area contributed by atoms with Gasteiger partial charge in [0.05, 0.1) is 5.69 Å². The van der Waals surface area contributed by atoms with Gasteiger partial charge in [-0.3, -0.25) is 4.79 Å². The number of cyclic esters (lactones) is 1. The van der Waals surface area contributed by atoms with Gasteiger partial charge in [0.15, 0.2) is 0 Å². The van der Waals surface area contributed by atoms with E-state index in [0.29, 0.717) is 11.6 Å². The monoisotopic (exact) mass is 245 g/mol. The molecule has 0 N–H and O–H groups in total. The minimum atomic E-state index is -0.812. The van der Waals surface area contributed by atoms with Gasteiger partial charge in [0.1, 0.15) is 0 Å². The first-order valence-corrected chi connectivity index (χ1v) is 6.02. The zero-order chi connectivity index (χ0) is 13.1. The molecule has 0 radical (unpaired) electrons. The van der Waals surface area contributed by atoms with Crippen molar-refractivity contribution in [1.29, 1.82) is 0 Å². The van der Waals surface area contributed by atoms with Gasteiger partial charge in [0.25, 0.3) is 0 Å². The van der Waals surface area contributed by atoms with Crippen LogP contribution < -0.4 is 4.90 Å². The second-order valence-electron chi connectivity index (χ2n) is 3.98. The molecule has 0 atom stereocenters. The van der Waals surface area contributed by atoms with Crippen LogP contribution in [0, 0.1) is 0 Å². The van der Waals surface area contributed by atoms with Crippen molar-refractivity contribution >= 4 is 17.6 Å². The van der Waals surface area contributed by atoms with E-state index in [0.717, 1.165) is 18.4 Å². The molecule has 2 rings (SSSR count). The van der Waals surface area contributed by atoms with Crippen LogP contribution in [0.2, 0.25) is 0 Å². The first kappa shape index (κ1) is 12.4. The molecule has 1 saturated heterocycles. The van der Waals surface area contributed by atoms with Crippen LogP contribution in [0.15, 0.2) is 41.8 Å². The van der Waals surface area contributed by atoms with Crippen molar-refractivity contribution in [2.24, 2.45) is 0 Å². The number of allylic oxidation sites excluding steroid dienone is 1. The third-order valence-corrected chi connectivity index (χ3v) is 2.94. The number of hydrogen-bond donors (Lipinski definition) is 0. The third-order valence-electron chi connectivity index (χ3n) is 2.94. The van der Waals surface area contributed by atoms with Crippen LogP contribution in [0.4, 0.5) is 5.69 Å². The van der Waals surface area contributed by atoms with Crippen LogP contribution in [0.3, 0.4) is 0 Å². The summed E-state index contributed by atoms with van der Waals surface area (Å²) in [5.74, 6) is -1.06. The summed E-state index contributed by atoms with van der Waals surface area (Å²) < 4.78 is 5.10. The molecule has 0 aromatic heterocycles. The lowest BCUT2D eigenvalue weighted by Crippen LogP contribution is -2.26. The molecule has 0 aliphatic carbocycles. The topological polar surface area (TPSA) is 46.6 Å². The molecule has 94 valence electrons. The van der Waals surface area contributed by atoms with Gasteiger partial charge in [-0.1, -0.05) is 32.0 Å². The molecule has 4 heteroatoms. The van der Waals surface area contributed by atoms with Gasteiger partial charge in [0, 0.05) is 0 Å². The van der Waals surface area contributed by atoms with Gasteiger partial charge in [-0.15, -0.1) is 0 Å². The zero-order valence-electron chi connectivity index (χ0n) is 10.5. The molecule has 1 fully saturated rings. The van der Waals surface area contributed by atoms with Crippen LogP contribution in [0.25, 0.3) is 0 Å². The normalized spacial score (nSPS) is 15.0. The SMILES string of the molecule is CCC(CC)=C1OC(=O)C(=O)N1c1ccccc1. The van der Waals surface area contributed by atoms with E-state index in [1.54, 1.807) is 12.1 Å². The van der Waals surface area contributed by atoms with Crippen molar-refractivity contribution < 1.29 is 14.3 Å². The quantitative estimate of drug-likeness (QED) is 0.607. The highest BCUT2D eigenvalue weighted by Gasteiger charge is 2.39. The van der Waals surface area contributed by atoms with Crippen molar-refractivity contribution in [3.63, 3.8) is 0 Å². The van der Waals surface area contributed by atoms with E-state index in [1.165, 1.54) is 4.90 Å². The number of hydrogen-bond acceptors (Lipinski definition) is 3. The van der Waals surface area contributed by atoms with Gasteiger partial charge in [-0.05, 0) is 30.5 Å². The number of carbonyl (C=O) groups is 2. The van der Waals surface area contributed by atoms with E-state index in [2.05, 4.69) is 0 Å². The van der Waals surface area contributed by atoms with Crippen molar-refractivity contribution in [2.45, 2.75) is 26.7 Å². The Bertz CT molecular complexity index is 499. The van der Waals surface area contributed by atoms with Gasteiger partial charge in [-0.25, -0.2) is 9.69 Å². The Kier molecular flexibility index (Phi) is 3.46. The molecule has 4 nitrogen and oxygen atoms in total. The molecule has 18 heavy (non-hydrogen) atoms. The molecule has 0 saturated carbocycles. The number of ether oxygens (including phenoxy) is 1. The Morgan fingerprint density at radius 2 is 1.72 bits per heavy atom. The molecular formula is C14H15NO3. The molecule has 1 amide bonds. The van der Waals surface area contributed by atoms with Crippen LogP contribution in [0.1, 0.15) is 26.7 Å². The molecule has 0 unspecified atom stereocenters. The van der Waals surface area contributed by atoms with Crippen LogP contribution in [-0.2, 0) is 14.3 Å². The van der Waals surface area contributed by atoms with Gasteiger partial charge >= 0.3 is 11.9 Å². The van der Waals surface area contributed by atoms with Crippen LogP contribution in [0.5, 0.6) is 0 Å². The third kappa shape index (κ3) is 2.01. The Hall–Kier alpha value is -2.10. The van der Waals surface area contributed by atoms with Crippen molar-refractivity contribution in [2.75, 3.05) is 4.90 Å². The number of benzene rings is 1. The summed E-state index contributed by atoms with van der Waals surface area (Å²) in [6.07, 6.45) is 1.49. The Morgan fingerprint density at radius 3 is 2.28 bits per heavy atom. The van der Waals surface area contributed by atoms with Gasteiger partial charge in [0.2, 0.25) is 5.88 Å². The van der Waals surface area contributed by atoms with Crippen LogP contribution in [-0.4, -0.2) is 11.9 Å². The van der Waals surface area contributed by atoms with E-state index < -0.39 is 11.9 Å². The average Bonchev–Trinajstić information content (AvgIpc) is 2.68. The predicted octanol–water partition coefficient (Wildman–Crippen LogP) is 2.61. The van der Waals surface area contributed by atoms with E-state index in [4.69, 9.17) is 4.74 Å². The fourth-order valence-corrected chi connectivity index (χ4v) is 1.95. The summed E-state index contributed by atoms with van der Waals surface area (Å²) in [5.41, 5.74) is 1.61. The van der Waals surface area contributed by atoms with Crippen LogP contribution >= 0.6 is 0 Å². The summed E-state index contributed by atoms with van der Waals surface area (Å²) in [7, 11) is 0. The number of anilines is 1. The second-order valence-corrected chi connectivity index (χ2v) is 3.98. The largest absolute Gasteiger partial charge is 0.404 e. The Balaban J connectivity index is 2.51. The lowest BCUT2D eigenvalue weighted by Gasteiger charge is -2.16. The molecule has 1 heterocycles. The molecule has 1 aromatic rings. The lowest BCUT2D eigenvalue weighted by molar-refractivity contribution is -0.145. The number of esters is 1. The summed E-state index contributed by atoms with van der Waals surface area (Å²) in [5, 5.41) is 0. The highest BCUT2D eigenvalue weighted by Crippen LogP contribution is 2.29.